The van der Waals surface area contributed by atoms with Crippen molar-refractivity contribution in [1.82, 2.24) is 24.4 Å². The second-order valence-corrected chi connectivity index (χ2v) is 10.8. The minimum atomic E-state index is -3.57. The fourth-order valence-electron chi connectivity index (χ4n) is 4.27. The molecule has 0 spiro atoms. The molecule has 1 fully saturated rings. The molecule has 1 N–H and O–H groups in total. The van der Waals surface area contributed by atoms with E-state index in [2.05, 4.69) is 22.3 Å². The first kappa shape index (κ1) is 24.1. The molecule has 3 aromatic rings. The predicted molar refractivity (Wildman–Crippen MR) is 130 cm³/mol. The third-order valence-corrected chi connectivity index (χ3v) is 8.51. The van der Waals surface area contributed by atoms with Gasteiger partial charge in [0.25, 0.3) is 5.91 Å². The number of hydrogen-bond acceptors (Lipinski definition) is 5. The SMILES string of the molecule is Cc1nn(Cc2ccc(C(=O)NCc3ccccn3)cc2)c(C)c1S(=O)(=O)N1CCC(C)CC1. The minimum Gasteiger partial charge on any atom is -0.346 e. The average Bonchev–Trinajstić information content (AvgIpc) is 3.12. The van der Waals surface area contributed by atoms with Gasteiger partial charge >= 0.3 is 0 Å². The van der Waals surface area contributed by atoms with Crippen molar-refractivity contribution in [2.24, 2.45) is 5.92 Å². The van der Waals surface area contributed by atoms with Gasteiger partial charge in [-0.2, -0.15) is 9.40 Å². The Hall–Kier alpha value is -3.04. The summed E-state index contributed by atoms with van der Waals surface area (Å²) in [4.78, 5) is 17.0. The fraction of sp³-hybridized carbons (Fsp3) is 0.400. The monoisotopic (exact) mass is 481 g/mol. The van der Waals surface area contributed by atoms with Crippen molar-refractivity contribution in [2.45, 2.75) is 51.6 Å². The number of aromatic nitrogens is 3. The smallest absolute Gasteiger partial charge is 0.251 e. The number of benzene rings is 1. The molecule has 2 aromatic heterocycles. The van der Waals surface area contributed by atoms with Gasteiger partial charge in [-0.25, -0.2) is 8.42 Å². The average molecular weight is 482 g/mol. The molecule has 1 amide bonds. The van der Waals surface area contributed by atoms with Crippen LogP contribution in [-0.2, 0) is 23.1 Å². The first-order valence-electron chi connectivity index (χ1n) is 11.6. The number of pyridine rings is 1. The van der Waals surface area contributed by atoms with E-state index in [1.807, 2.05) is 30.3 Å². The Labute approximate surface area is 201 Å². The molecule has 0 bridgehead atoms. The molecule has 1 aliphatic heterocycles. The molecule has 1 aromatic carbocycles. The summed E-state index contributed by atoms with van der Waals surface area (Å²) in [5.41, 5.74) is 3.43. The van der Waals surface area contributed by atoms with E-state index in [-0.39, 0.29) is 5.91 Å². The van der Waals surface area contributed by atoms with Crippen LogP contribution in [0.1, 0.15) is 52.8 Å². The molecule has 8 nitrogen and oxygen atoms in total. The molecular formula is C25H31N5O3S. The van der Waals surface area contributed by atoms with Crippen LogP contribution in [0.2, 0.25) is 0 Å². The maximum absolute atomic E-state index is 13.3. The number of carbonyl (C=O) groups excluding carboxylic acids is 1. The predicted octanol–water partition coefficient (Wildman–Crippen LogP) is 3.29. The quantitative estimate of drug-likeness (QED) is 0.559. The molecular weight excluding hydrogens is 450 g/mol. The molecule has 0 unspecified atom stereocenters. The highest BCUT2D eigenvalue weighted by molar-refractivity contribution is 7.89. The normalized spacial score (nSPS) is 15.4. The largest absolute Gasteiger partial charge is 0.346 e. The Kier molecular flexibility index (Phi) is 7.13. The Bertz CT molecular complexity index is 1250. The maximum Gasteiger partial charge on any atom is 0.251 e. The van der Waals surface area contributed by atoms with E-state index in [1.165, 1.54) is 0 Å². The summed E-state index contributed by atoms with van der Waals surface area (Å²) < 4.78 is 29.9. The molecule has 3 heterocycles. The van der Waals surface area contributed by atoms with Gasteiger partial charge in [-0.05, 0) is 62.4 Å². The fourth-order valence-corrected chi connectivity index (χ4v) is 6.11. The molecule has 1 saturated heterocycles. The van der Waals surface area contributed by atoms with Gasteiger partial charge in [0.1, 0.15) is 4.90 Å². The van der Waals surface area contributed by atoms with Crippen molar-refractivity contribution in [2.75, 3.05) is 13.1 Å². The van der Waals surface area contributed by atoms with Gasteiger partial charge in [-0.1, -0.05) is 25.1 Å². The van der Waals surface area contributed by atoms with Crippen molar-refractivity contribution in [1.29, 1.82) is 0 Å². The second-order valence-electron chi connectivity index (χ2n) is 8.94. The molecule has 1 aliphatic rings. The molecule has 4 rings (SSSR count). The summed E-state index contributed by atoms with van der Waals surface area (Å²) in [7, 11) is -3.57. The van der Waals surface area contributed by atoms with Crippen LogP contribution < -0.4 is 5.32 Å². The van der Waals surface area contributed by atoms with Crippen molar-refractivity contribution < 1.29 is 13.2 Å². The van der Waals surface area contributed by atoms with Gasteiger partial charge in [0.05, 0.1) is 30.2 Å². The van der Waals surface area contributed by atoms with E-state index >= 15 is 0 Å². The molecule has 9 heteroatoms. The number of rotatable bonds is 7. The zero-order chi connectivity index (χ0) is 24.3. The summed E-state index contributed by atoms with van der Waals surface area (Å²) in [6, 6.07) is 12.8. The number of nitrogens with one attached hydrogen (secondary N) is 1. The lowest BCUT2D eigenvalue weighted by molar-refractivity contribution is 0.0950. The van der Waals surface area contributed by atoms with E-state index < -0.39 is 10.0 Å². The Morgan fingerprint density at radius 3 is 2.44 bits per heavy atom. The zero-order valence-electron chi connectivity index (χ0n) is 19.9. The number of amides is 1. The Morgan fingerprint density at radius 2 is 1.79 bits per heavy atom. The van der Waals surface area contributed by atoms with Crippen LogP contribution in [0.25, 0.3) is 0 Å². The zero-order valence-corrected chi connectivity index (χ0v) is 20.7. The van der Waals surface area contributed by atoms with Crippen LogP contribution in [0.4, 0.5) is 0 Å². The molecule has 0 atom stereocenters. The third-order valence-electron chi connectivity index (χ3n) is 6.36. The van der Waals surface area contributed by atoms with Crippen LogP contribution in [-0.4, -0.2) is 46.5 Å². The van der Waals surface area contributed by atoms with Gasteiger partial charge in [0, 0.05) is 24.8 Å². The van der Waals surface area contributed by atoms with Crippen molar-refractivity contribution in [3.8, 4) is 0 Å². The summed E-state index contributed by atoms with van der Waals surface area (Å²) in [6.45, 7) is 7.61. The summed E-state index contributed by atoms with van der Waals surface area (Å²) in [6.07, 6.45) is 3.46. The van der Waals surface area contributed by atoms with Crippen LogP contribution >= 0.6 is 0 Å². The molecule has 0 radical (unpaired) electrons. The van der Waals surface area contributed by atoms with Gasteiger partial charge in [0.2, 0.25) is 10.0 Å². The van der Waals surface area contributed by atoms with E-state index in [0.29, 0.717) is 53.9 Å². The molecule has 0 aliphatic carbocycles. The molecule has 34 heavy (non-hydrogen) atoms. The van der Waals surface area contributed by atoms with E-state index in [9.17, 15) is 13.2 Å². The Balaban J connectivity index is 1.44. The minimum absolute atomic E-state index is 0.174. The van der Waals surface area contributed by atoms with Gasteiger partial charge in [-0.3, -0.25) is 14.5 Å². The highest BCUT2D eigenvalue weighted by Crippen LogP contribution is 2.28. The Morgan fingerprint density at radius 1 is 1.09 bits per heavy atom. The lowest BCUT2D eigenvalue weighted by atomic mass is 10.0. The second kappa shape index (κ2) is 10.1. The maximum atomic E-state index is 13.3. The summed E-state index contributed by atoms with van der Waals surface area (Å²) in [5.74, 6) is 0.379. The van der Waals surface area contributed by atoms with Crippen molar-refractivity contribution in [3.05, 3.63) is 76.9 Å². The van der Waals surface area contributed by atoms with Gasteiger partial charge < -0.3 is 5.32 Å². The van der Waals surface area contributed by atoms with Gasteiger partial charge in [0.15, 0.2) is 0 Å². The number of piperidine rings is 1. The summed E-state index contributed by atoms with van der Waals surface area (Å²) >= 11 is 0. The third kappa shape index (κ3) is 5.20. The standard InChI is InChI=1S/C25H31N5O3S/c1-18-11-14-29(15-12-18)34(32,33)24-19(2)28-30(20(24)3)17-21-7-9-22(10-8-21)25(31)27-16-23-6-4-5-13-26-23/h4-10,13,18H,11-12,14-17H2,1-3H3,(H,27,31). The topological polar surface area (TPSA) is 97.2 Å². The highest BCUT2D eigenvalue weighted by atomic mass is 32.2. The van der Waals surface area contributed by atoms with Crippen LogP contribution in [0.3, 0.4) is 0 Å². The number of nitrogens with zero attached hydrogens (tertiary/aromatic N) is 4. The van der Waals surface area contributed by atoms with Crippen molar-refractivity contribution in [3.63, 3.8) is 0 Å². The van der Waals surface area contributed by atoms with E-state index in [4.69, 9.17) is 0 Å². The van der Waals surface area contributed by atoms with Crippen molar-refractivity contribution >= 4 is 15.9 Å². The molecule has 180 valence electrons. The lowest BCUT2D eigenvalue weighted by Gasteiger charge is -2.29. The lowest BCUT2D eigenvalue weighted by Crippen LogP contribution is -2.38. The number of sulfonamides is 1. The van der Waals surface area contributed by atoms with Crippen LogP contribution in [0, 0.1) is 19.8 Å². The molecule has 0 saturated carbocycles. The highest BCUT2D eigenvalue weighted by Gasteiger charge is 2.33. The van der Waals surface area contributed by atoms with E-state index in [0.717, 1.165) is 24.1 Å². The number of carbonyl (C=O) groups is 1. The number of aryl methyl sites for hydroxylation is 1. The first-order chi connectivity index (χ1) is 16.3. The van der Waals surface area contributed by atoms with E-state index in [1.54, 1.807) is 41.2 Å². The van der Waals surface area contributed by atoms with Crippen LogP contribution in [0.15, 0.2) is 53.6 Å². The van der Waals surface area contributed by atoms with Crippen LogP contribution in [0.5, 0.6) is 0 Å². The first-order valence-corrected chi connectivity index (χ1v) is 13.0. The number of hydrogen-bond donors (Lipinski definition) is 1. The van der Waals surface area contributed by atoms with Gasteiger partial charge in [-0.15, -0.1) is 0 Å². The summed E-state index contributed by atoms with van der Waals surface area (Å²) in [5, 5.41) is 7.39.